The zero-order chi connectivity index (χ0) is 19.6. The van der Waals surface area contributed by atoms with Gasteiger partial charge in [-0.15, -0.1) is 0 Å². The second-order valence-corrected chi connectivity index (χ2v) is 6.55. The number of benzene rings is 1. The van der Waals surface area contributed by atoms with Crippen LogP contribution in [0.25, 0.3) is 12.2 Å². The lowest BCUT2D eigenvalue weighted by molar-refractivity contribution is -0.140. The second kappa shape index (κ2) is 10.4. The first-order valence-corrected chi connectivity index (χ1v) is 9.40. The predicted molar refractivity (Wildman–Crippen MR) is 109 cm³/mol. The molecular weight excluding hydrogens is 338 g/mol. The van der Waals surface area contributed by atoms with Crippen LogP contribution in [-0.4, -0.2) is 17.1 Å². The van der Waals surface area contributed by atoms with Crippen LogP contribution < -0.4 is 10.6 Å². The van der Waals surface area contributed by atoms with Crippen molar-refractivity contribution in [3.63, 3.8) is 0 Å². The van der Waals surface area contributed by atoms with Gasteiger partial charge in [0.05, 0.1) is 6.61 Å². The molecule has 2 aromatic rings. The Labute approximate surface area is 161 Å². The number of allylic oxidation sites excluding steroid dienone is 2. The van der Waals surface area contributed by atoms with Crippen LogP contribution in [0.3, 0.4) is 0 Å². The zero-order valence-corrected chi connectivity index (χ0v) is 16.6. The van der Waals surface area contributed by atoms with Gasteiger partial charge in [0.2, 0.25) is 0 Å². The molecule has 0 fully saturated rings. The number of carbonyl (C=O) groups is 1. The molecule has 0 radical (unpaired) electrons. The number of hydrogen-bond donors (Lipinski definition) is 0. The molecule has 0 saturated heterocycles. The van der Waals surface area contributed by atoms with Crippen molar-refractivity contribution in [1.29, 1.82) is 0 Å². The normalized spacial score (nSPS) is 12.4. The van der Waals surface area contributed by atoms with Crippen molar-refractivity contribution in [3.05, 3.63) is 70.6 Å². The Hall–Kier alpha value is -2.75. The molecule has 1 aromatic heterocycles. The minimum absolute atomic E-state index is 0.211. The van der Waals surface area contributed by atoms with Crippen molar-refractivity contribution in [1.82, 2.24) is 4.57 Å². The van der Waals surface area contributed by atoms with Gasteiger partial charge in [-0.25, -0.2) is 0 Å². The van der Waals surface area contributed by atoms with Crippen LogP contribution in [0.1, 0.15) is 45.7 Å². The third-order valence-corrected chi connectivity index (χ3v) is 4.07. The molecule has 27 heavy (non-hydrogen) atoms. The molecule has 0 N–H and O–H groups in total. The Balaban J connectivity index is 0.000000380. The van der Waals surface area contributed by atoms with Crippen molar-refractivity contribution >= 4 is 18.1 Å². The van der Waals surface area contributed by atoms with Gasteiger partial charge in [-0.3, -0.25) is 4.79 Å². The monoisotopic (exact) mass is 367 g/mol. The van der Waals surface area contributed by atoms with Crippen LogP contribution >= 0.6 is 0 Å². The molecule has 0 spiro atoms. The molecule has 3 rings (SSSR count). The average molecular weight is 367 g/mol. The van der Waals surface area contributed by atoms with Crippen LogP contribution in [0.15, 0.2) is 54.4 Å². The maximum absolute atomic E-state index is 9.82. The standard InChI is InChI=1S/C19H21NO.C4H8O2/c1-15(2)20-12-11-17-13-18(9-6-10-19(17)20)21-14-16-7-4-3-5-8-16;1-3-6-4(2)5/h3-5,7-13,15H,6,14H2,1-2H3;3H2,1-2H3. The summed E-state index contributed by atoms with van der Waals surface area (Å²) in [6.07, 6.45) is 9.62. The van der Waals surface area contributed by atoms with Crippen LogP contribution in [0.5, 0.6) is 0 Å². The van der Waals surface area contributed by atoms with E-state index in [2.05, 4.69) is 65.8 Å². The number of hydrogen-bond acceptors (Lipinski definition) is 3. The molecular formula is C23H29NO3. The third kappa shape index (κ3) is 6.48. The molecule has 0 bridgehead atoms. The predicted octanol–water partition coefficient (Wildman–Crippen LogP) is 3.70. The SMILES string of the molecule is CC(C)n1ccc2c1=CCC=C(OCc1ccccc1)C=2.CCOC(C)=O. The van der Waals surface area contributed by atoms with Gasteiger partial charge in [-0.1, -0.05) is 36.4 Å². The summed E-state index contributed by atoms with van der Waals surface area (Å²) in [4.78, 5) is 9.82. The molecule has 4 nitrogen and oxygen atoms in total. The van der Waals surface area contributed by atoms with Crippen molar-refractivity contribution < 1.29 is 14.3 Å². The summed E-state index contributed by atoms with van der Waals surface area (Å²) in [6.45, 7) is 8.68. The van der Waals surface area contributed by atoms with Crippen LogP contribution in [-0.2, 0) is 20.9 Å². The van der Waals surface area contributed by atoms with E-state index in [4.69, 9.17) is 4.74 Å². The molecule has 4 heteroatoms. The Kier molecular flexibility index (Phi) is 7.93. The van der Waals surface area contributed by atoms with Gasteiger partial charge in [0, 0.05) is 29.7 Å². The van der Waals surface area contributed by atoms with Crippen LogP contribution in [0.4, 0.5) is 0 Å². The molecule has 1 aromatic carbocycles. The fourth-order valence-corrected chi connectivity index (χ4v) is 2.81. The Morgan fingerprint density at radius 3 is 2.48 bits per heavy atom. The topological polar surface area (TPSA) is 40.5 Å². The molecule has 0 saturated carbocycles. The molecule has 0 amide bonds. The quantitative estimate of drug-likeness (QED) is 0.757. The van der Waals surface area contributed by atoms with Crippen molar-refractivity contribution in [2.24, 2.45) is 0 Å². The van der Waals surface area contributed by atoms with E-state index >= 15 is 0 Å². The van der Waals surface area contributed by atoms with Gasteiger partial charge < -0.3 is 14.0 Å². The van der Waals surface area contributed by atoms with Crippen LogP contribution in [0.2, 0.25) is 0 Å². The molecule has 1 aliphatic rings. The molecule has 144 valence electrons. The highest BCUT2D eigenvalue weighted by Crippen LogP contribution is 2.09. The number of aromatic nitrogens is 1. The fourth-order valence-electron chi connectivity index (χ4n) is 2.81. The number of rotatable bonds is 5. The highest BCUT2D eigenvalue weighted by atomic mass is 16.5. The van der Waals surface area contributed by atoms with E-state index in [1.54, 1.807) is 6.92 Å². The largest absolute Gasteiger partial charge is 0.489 e. The van der Waals surface area contributed by atoms with Gasteiger partial charge in [0.15, 0.2) is 0 Å². The summed E-state index contributed by atoms with van der Waals surface area (Å²) in [7, 11) is 0. The Morgan fingerprint density at radius 2 is 1.89 bits per heavy atom. The number of carbonyl (C=O) groups excluding carboxylic acids is 1. The second-order valence-electron chi connectivity index (χ2n) is 6.55. The lowest BCUT2D eigenvalue weighted by atomic mass is 10.2. The summed E-state index contributed by atoms with van der Waals surface area (Å²) in [6, 6.07) is 12.9. The first-order chi connectivity index (χ1) is 13.0. The number of esters is 1. The van der Waals surface area contributed by atoms with Crippen LogP contribution in [0, 0.1) is 0 Å². The Morgan fingerprint density at radius 1 is 1.15 bits per heavy atom. The van der Waals surface area contributed by atoms with E-state index in [1.165, 1.54) is 23.1 Å². The van der Waals surface area contributed by atoms with Gasteiger partial charge >= 0.3 is 5.97 Å². The van der Waals surface area contributed by atoms with E-state index in [1.807, 2.05) is 18.2 Å². The first kappa shape index (κ1) is 20.6. The molecule has 0 unspecified atom stereocenters. The van der Waals surface area contributed by atoms with E-state index in [-0.39, 0.29) is 5.97 Å². The maximum atomic E-state index is 9.82. The van der Waals surface area contributed by atoms with Gasteiger partial charge in [-0.05, 0) is 51.0 Å². The fraction of sp³-hybridized carbons (Fsp3) is 0.348. The lowest BCUT2D eigenvalue weighted by Gasteiger charge is -2.07. The summed E-state index contributed by atoms with van der Waals surface area (Å²) < 4.78 is 12.7. The number of fused-ring (bicyclic) bond motifs is 1. The van der Waals surface area contributed by atoms with E-state index in [0.717, 1.165) is 12.2 Å². The van der Waals surface area contributed by atoms with Gasteiger partial charge in [0.25, 0.3) is 0 Å². The maximum Gasteiger partial charge on any atom is 0.302 e. The minimum atomic E-state index is -0.211. The highest BCUT2D eigenvalue weighted by Gasteiger charge is 2.04. The van der Waals surface area contributed by atoms with Gasteiger partial charge in [0.1, 0.15) is 12.4 Å². The smallest absolute Gasteiger partial charge is 0.302 e. The van der Waals surface area contributed by atoms with E-state index < -0.39 is 0 Å². The molecule has 1 heterocycles. The van der Waals surface area contributed by atoms with Gasteiger partial charge in [-0.2, -0.15) is 0 Å². The number of nitrogens with zero attached hydrogens (tertiary/aromatic N) is 1. The summed E-state index contributed by atoms with van der Waals surface area (Å²) in [5.74, 6) is 0.743. The van der Waals surface area contributed by atoms with Crippen molar-refractivity contribution in [2.45, 2.75) is 46.8 Å². The zero-order valence-electron chi connectivity index (χ0n) is 16.6. The summed E-state index contributed by atoms with van der Waals surface area (Å²) >= 11 is 0. The summed E-state index contributed by atoms with van der Waals surface area (Å²) in [5, 5.41) is 2.53. The summed E-state index contributed by atoms with van der Waals surface area (Å²) in [5.41, 5.74) is 1.19. The molecule has 1 aliphatic carbocycles. The lowest BCUT2D eigenvalue weighted by Crippen LogP contribution is -2.29. The molecule has 0 aliphatic heterocycles. The Bertz CT molecular complexity index is 876. The number of ether oxygens (including phenoxy) is 2. The molecule has 0 atom stereocenters. The van der Waals surface area contributed by atoms with Crippen molar-refractivity contribution in [3.8, 4) is 0 Å². The minimum Gasteiger partial charge on any atom is -0.489 e. The average Bonchev–Trinajstić information content (AvgIpc) is 2.93. The highest BCUT2D eigenvalue weighted by molar-refractivity contribution is 5.65. The van der Waals surface area contributed by atoms with E-state index in [0.29, 0.717) is 19.3 Å². The third-order valence-electron chi connectivity index (χ3n) is 4.07. The van der Waals surface area contributed by atoms with E-state index in [9.17, 15) is 4.79 Å². The first-order valence-electron chi connectivity index (χ1n) is 9.40. The van der Waals surface area contributed by atoms with Crippen molar-refractivity contribution in [2.75, 3.05) is 6.61 Å².